The Bertz CT molecular complexity index is 3390. The molecule has 4 aliphatic carbocycles. The first-order chi connectivity index (χ1) is 42.3. The Morgan fingerprint density at radius 1 is 0.591 bits per heavy atom. The number of anilines is 2. The number of benzene rings is 4. The molecule has 4 bridgehead atoms. The molecule has 0 unspecified atom stereocenters. The van der Waals surface area contributed by atoms with E-state index in [-0.39, 0.29) is 45.6 Å². The van der Waals surface area contributed by atoms with Crippen molar-refractivity contribution < 1.29 is 55.0 Å². The van der Waals surface area contributed by atoms with Crippen LogP contribution < -0.4 is 28.7 Å². The van der Waals surface area contributed by atoms with Gasteiger partial charge in [-0.3, -0.25) is 19.2 Å². The summed E-state index contributed by atoms with van der Waals surface area (Å²) in [4.78, 5) is 56.7. The van der Waals surface area contributed by atoms with Crippen LogP contribution in [0.4, 0.5) is 11.4 Å². The van der Waals surface area contributed by atoms with Crippen molar-refractivity contribution in [2.24, 2.45) is 23.7 Å². The zero-order valence-corrected chi connectivity index (χ0v) is 53.9. The first-order valence-corrected chi connectivity index (χ1v) is 35.2. The van der Waals surface area contributed by atoms with Crippen molar-refractivity contribution in [3.8, 4) is 11.5 Å². The fourth-order valence-electron chi connectivity index (χ4n) is 15.7. The SMILES string of the molecule is CC[C@@H]1CC/C=C/[C@@](C=O)(OC)[C@@H]2CC[C@H]2CN2C[C@@]3(CCCc4cc(Cl)ccc43)COc3ccc(cc32)C(=O)NS1(=O)=O.CC[C@@H]1CC/C=C/[C@](C=O)(OC)[C@@H]2CC[C@H]2CN2C[C@@]3(CCCc4cc(Cl)ccc43)COc3ccc(cc32)C(=O)NS1(=O)=O. The molecule has 2 fully saturated rings. The Morgan fingerprint density at radius 3 is 1.38 bits per heavy atom. The first kappa shape index (κ1) is 63.8. The third kappa shape index (κ3) is 12.3. The molecule has 16 nitrogen and oxygen atoms in total. The molecule has 4 aromatic carbocycles. The maximum Gasteiger partial charge on any atom is 0.264 e. The molecule has 12 rings (SSSR count). The first-order valence-electron chi connectivity index (χ1n) is 31.4. The van der Waals surface area contributed by atoms with Crippen molar-refractivity contribution in [2.45, 2.75) is 149 Å². The molecule has 20 heteroatoms. The summed E-state index contributed by atoms with van der Waals surface area (Å²) < 4.78 is 82.8. The number of aldehydes is 2. The number of aryl methyl sites for hydroxylation is 2. The number of methoxy groups -OCH3 is 2. The number of hydrogen-bond acceptors (Lipinski definition) is 14. The van der Waals surface area contributed by atoms with Crippen molar-refractivity contribution in [3.05, 3.63) is 141 Å². The highest BCUT2D eigenvalue weighted by Crippen LogP contribution is 2.51. The number of carbonyl (C=O) groups is 4. The summed E-state index contributed by atoms with van der Waals surface area (Å²) in [6.07, 6.45) is 20.8. The van der Waals surface area contributed by atoms with Crippen LogP contribution in [0.5, 0.6) is 11.5 Å². The van der Waals surface area contributed by atoms with Gasteiger partial charge in [0.25, 0.3) is 11.8 Å². The van der Waals surface area contributed by atoms with E-state index in [1.807, 2.05) is 36.4 Å². The van der Waals surface area contributed by atoms with Crippen molar-refractivity contribution in [1.82, 2.24) is 9.44 Å². The Balaban J connectivity index is 0.000000182. The number of rotatable bonds is 6. The monoisotopic (exact) mass is 1280 g/mol. The molecule has 2 amide bonds. The molecule has 2 spiro atoms. The predicted octanol–water partition coefficient (Wildman–Crippen LogP) is 11.2. The van der Waals surface area contributed by atoms with Gasteiger partial charge in [-0.1, -0.05) is 61.3 Å². The van der Waals surface area contributed by atoms with Crippen LogP contribution >= 0.6 is 23.2 Å². The summed E-state index contributed by atoms with van der Waals surface area (Å²) in [5, 5.41) is -0.0765. The van der Waals surface area contributed by atoms with Crippen LogP contribution in [0.15, 0.2) is 97.1 Å². The van der Waals surface area contributed by atoms with E-state index in [1.165, 1.54) is 22.3 Å². The minimum absolute atomic E-state index is 0.0349. The average molecular weight is 1280 g/mol. The Morgan fingerprint density at radius 2 is 1.01 bits per heavy atom. The number of hydrogen-bond donors (Lipinski definition) is 2. The largest absolute Gasteiger partial charge is 0.490 e. The summed E-state index contributed by atoms with van der Waals surface area (Å²) in [6.45, 7) is 7.11. The number of carbonyl (C=O) groups excluding carboxylic acids is 4. The second kappa shape index (κ2) is 25.9. The van der Waals surface area contributed by atoms with E-state index < -0.39 is 53.6 Å². The molecule has 8 aliphatic rings. The molecular weight excluding hydrogens is 1200 g/mol. The lowest BCUT2D eigenvalue weighted by atomic mass is 9.64. The average Bonchev–Trinajstić information content (AvgIpc) is 1.49. The maximum absolute atomic E-state index is 13.4. The number of fused-ring (bicyclic) bond motifs is 8. The van der Waals surface area contributed by atoms with Gasteiger partial charge < -0.3 is 28.7 Å². The highest BCUT2D eigenvalue weighted by Gasteiger charge is 2.51. The van der Waals surface area contributed by atoms with Crippen molar-refractivity contribution in [2.75, 3.05) is 63.4 Å². The van der Waals surface area contributed by atoms with E-state index in [0.717, 1.165) is 98.2 Å². The predicted molar refractivity (Wildman–Crippen MR) is 342 cm³/mol. The van der Waals surface area contributed by atoms with Gasteiger partial charge in [-0.25, -0.2) is 26.3 Å². The molecule has 2 saturated carbocycles. The van der Waals surface area contributed by atoms with Crippen LogP contribution in [-0.4, -0.2) is 117 Å². The number of allylic oxidation sites excluding steroid dienone is 2. The van der Waals surface area contributed by atoms with Crippen LogP contribution in [0.25, 0.3) is 0 Å². The lowest BCUT2D eigenvalue weighted by molar-refractivity contribution is -0.136. The molecule has 4 aromatic rings. The summed E-state index contributed by atoms with van der Waals surface area (Å²) in [7, 11) is -4.73. The normalized spacial score (nSPS) is 32.2. The van der Waals surface area contributed by atoms with Gasteiger partial charge in [0.05, 0.1) is 35.1 Å². The minimum atomic E-state index is -3.94. The minimum Gasteiger partial charge on any atom is -0.490 e. The fraction of sp³-hybridized carbons (Fsp3) is 0.529. The van der Waals surface area contributed by atoms with Crippen molar-refractivity contribution in [1.29, 1.82) is 0 Å². The van der Waals surface area contributed by atoms with E-state index in [1.54, 1.807) is 64.5 Å². The van der Waals surface area contributed by atoms with Gasteiger partial charge in [-0.15, -0.1) is 0 Å². The number of halogens is 2. The molecule has 10 atom stereocenters. The highest BCUT2D eigenvalue weighted by atomic mass is 35.5. The van der Waals surface area contributed by atoms with Crippen LogP contribution in [-0.2, 0) is 62.8 Å². The lowest BCUT2D eigenvalue weighted by Gasteiger charge is -2.48. The summed E-state index contributed by atoms with van der Waals surface area (Å²) >= 11 is 12.8. The van der Waals surface area contributed by atoms with Gasteiger partial charge in [0.1, 0.15) is 22.7 Å². The lowest BCUT2D eigenvalue weighted by Crippen LogP contribution is -2.53. The van der Waals surface area contributed by atoms with Crippen LogP contribution in [0.3, 0.4) is 0 Å². The summed E-state index contributed by atoms with van der Waals surface area (Å²) in [5.74, 6) is 0.265. The molecule has 4 heterocycles. The zero-order valence-electron chi connectivity index (χ0n) is 50.8. The van der Waals surface area contributed by atoms with Crippen molar-refractivity contribution in [3.63, 3.8) is 0 Å². The van der Waals surface area contributed by atoms with Crippen molar-refractivity contribution >= 4 is 79.0 Å². The van der Waals surface area contributed by atoms with Crippen LogP contribution in [0.2, 0.25) is 10.0 Å². The second-order valence-electron chi connectivity index (χ2n) is 25.8. The number of nitrogens with one attached hydrogen (secondary N) is 2. The van der Waals surface area contributed by atoms with Crippen LogP contribution in [0.1, 0.15) is 147 Å². The van der Waals surface area contributed by atoms with E-state index in [0.29, 0.717) is 89.4 Å². The number of ether oxygens (including phenoxy) is 4. The zero-order chi connectivity index (χ0) is 62.2. The van der Waals surface area contributed by atoms with Gasteiger partial charge in [-0.2, -0.15) is 0 Å². The molecule has 0 radical (unpaired) electrons. The molecule has 4 aliphatic heterocycles. The van der Waals surface area contributed by atoms with E-state index in [4.69, 9.17) is 42.1 Å². The Hall–Kier alpha value is -5.76. The maximum atomic E-state index is 13.4. The van der Waals surface area contributed by atoms with Gasteiger partial charge in [0.2, 0.25) is 20.0 Å². The van der Waals surface area contributed by atoms with E-state index in [9.17, 15) is 36.0 Å². The second-order valence-corrected chi connectivity index (χ2v) is 30.6. The molecule has 2 N–H and O–H groups in total. The third-order valence-electron chi connectivity index (χ3n) is 20.9. The molecule has 472 valence electrons. The summed E-state index contributed by atoms with van der Waals surface area (Å²) in [6, 6.07) is 22.6. The van der Waals surface area contributed by atoms with E-state index >= 15 is 0 Å². The van der Waals surface area contributed by atoms with E-state index in [2.05, 4.69) is 43.5 Å². The topological polar surface area (TPSA) is 204 Å². The smallest absolute Gasteiger partial charge is 0.264 e. The molecule has 0 saturated heterocycles. The molecular formula is C68H82Cl2N4O12S2. The standard InChI is InChI=1S/2C34H41ClN2O6S/c2*1-3-27-8-4-5-16-34(21-38,42-2)29-12-9-25(29)19-37-20-33(15-6-7-23-17-26(35)11-13-28(23)33)22-43-31-14-10-24(18-30(31)37)32(39)36-44(27,40)41/h2*5,10-11,13-14,16-18,21,25,27,29H,3-4,6-9,12,15,19-20,22H2,1-2H3,(H,36,39)/b2*16-5+/t25-,27+,29+,33-,34+;25-,27+,29+,33-,34-/m00/s1. The highest BCUT2D eigenvalue weighted by molar-refractivity contribution is 7.91. The van der Waals surface area contributed by atoms with Gasteiger partial charge >= 0.3 is 0 Å². The summed E-state index contributed by atoms with van der Waals surface area (Å²) in [5.41, 5.74) is 4.17. The van der Waals surface area contributed by atoms with Gasteiger partial charge in [0.15, 0.2) is 12.6 Å². The molecule has 0 aromatic heterocycles. The number of amides is 2. The number of nitrogens with zero attached hydrogens (tertiary/aromatic N) is 2. The van der Waals surface area contributed by atoms with Gasteiger partial charge in [0, 0.05) is 84.2 Å². The van der Waals surface area contributed by atoms with Gasteiger partial charge in [-0.05, 0) is 210 Å². The number of sulfonamides is 2. The Labute approximate surface area is 528 Å². The fourth-order valence-corrected chi connectivity index (χ4v) is 18.9. The third-order valence-corrected chi connectivity index (χ3v) is 25.2. The quantitative estimate of drug-likeness (QED) is 0.136. The molecule has 88 heavy (non-hydrogen) atoms. The Kier molecular flexibility index (Phi) is 18.7. The van der Waals surface area contributed by atoms with Crippen LogP contribution in [0, 0.1) is 23.7 Å².